The number of aryl methyl sites for hydroxylation is 2. The van der Waals surface area contributed by atoms with Crippen LogP contribution in [0.3, 0.4) is 0 Å². The second-order valence-electron chi connectivity index (χ2n) is 5.42. The average molecular weight is 396 g/mol. The summed E-state index contributed by atoms with van der Waals surface area (Å²) in [7, 11) is -3.94. The quantitative estimate of drug-likeness (QED) is 0.688. The van der Waals surface area contributed by atoms with Gasteiger partial charge in [-0.2, -0.15) is 0 Å². The zero-order valence-corrected chi connectivity index (χ0v) is 15.7. The third kappa shape index (κ3) is 3.60. The predicted octanol–water partition coefficient (Wildman–Crippen LogP) is 3.18. The van der Waals surface area contributed by atoms with E-state index in [0.717, 1.165) is 11.6 Å². The molecule has 3 aromatic rings. The highest BCUT2D eigenvalue weighted by molar-refractivity contribution is 7.90. The topological polar surface area (TPSA) is 80.5 Å². The summed E-state index contributed by atoms with van der Waals surface area (Å²) < 4.78 is 28.5. The Morgan fingerprint density at radius 3 is 2.84 bits per heavy atom. The first-order valence-electron chi connectivity index (χ1n) is 7.21. The molecule has 130 valence electrons. The summed E-state index contributed by atoms with van der Waals surface area (Å²) in [6.07, 6.45) is 4.32. The first kappa shape index (κ1) is 17.7. The molecule has 0 aliphatic rings. The molecule has 2 aromatic heterocycles. The van der Waals surface area contributed by atoms with Crippen molar-refractivity contribution in [2.75, 3.05) is 0 Å². The van der Waals surface area contributed by atoms with Gasteiger partial charge in [0.2, 0.25) is 0 Å². The zero-order valence-electron chi connectivity index (χ0n) is 13.4. The van der Waals surface area contributed by atoms with Gasteiger partial charge in [-0.3, -0.25) is 9.20 Å². The maximum atomic E-state index is 12.4. The number of imidazole rings is 1. The molecule has 0 spiro atoms. The van der Waals surface area contributed by atoms with Crippen molar-refractivity contribution in [3.63, 3.8) is 0 Å². The summed E-state index contributed by atoms with van der Waals surface area (Å²) in [6, 6.07) is 4.90. The number of carbonyl (C=O) groups excluding carboxylic acids is 1. The summed E-state index contributed by atoms with van der Waals surface area (Å²) in [5, 5.41) is 2.08. The summed E-state index contributed by atoms with van der Waals surface area (Å²) >= 11 is 7.43. The van der Waals surface area contributed by atoms with Gasteiger partial charge in [-0.1, -0.05) is 29.3 Å². The Bertz CT molecular complexity index is 1100. The molecule has 0 fully saturated rings. The van der Waals surface area contributed by atoms with Crippen LogP contribution in [-0.2, 0) is 14.8 Å². The number of hydrogen-bond donors (Lipinski definition) is 1. The number of hydrogen-bond acceptors (Lipinski definition) is 5. The van der Waals surface area contributed by atoms with E-state index in [4.69, 9.17) is 11.6 Å². The van der Waals surface area contributed by atoms with E-state index >= 15 is 0 Å². The molecular weight excluding hydrogens is 382 g/mol. The lowest BCUT2D eigenvalue weighted by atomic mass is 10.2. The minimum Gasteiger partial charge on any atom is -0.289 e. The third-order valence-electron chi connectivity index (χ3n) is 3.50. The van der Waals surface area contributed by atoms with Crippen LogP contribution in [0.15, 0.2) is 40.7 Å². The van der Waals surface area contributed by atoms with Crippen molar-refractivity contribution in [2.24, 2.45) is 0 Å². The molecule has 0 bridgehead atoms. The number of benzene rings is 1. The van der Waals surface area contributed by atoms with E-state index in [2.05, 4.69) is 4.98 Å². The minimum absolute atomic E-state index is 0.0717. The number of nitrogens with one attached hydrogen (secondary N) is 1. The fourth-order valence-corrected chi connectivity index (χ4v) is 4.58. The Balaban J connectivity index is 1.82. The van der Waals surface area contributed by atoms with Crippen molar-refractivity contribution in [1.82, 2.24) is 14.1 Å². The lowest BCUT2D eigenvalue weighted by molar-refractivity contribution is -0.114. The van der Waals surface area contributed by atoms with Crippen LogP contribution in [0.2, 0.25) is 5.15 Å². The van der Waals surface area contributed by atoms with Gasteiger partial charge in [0.25, 0.3) is 15.9 Å². The number of halogens is 1. The Morgan fingerprint density at radius 1 is 1.36 bits per heavy atom. The molecule has 0 saturated carbocycles. The van der Waals surface area contributed by atoms with Crippen LogP contribution >= 0.6 is 22.9 Å². The lowest BCUT2D eigenvalue weighted by Gasteiger charge is -2.08. The number of thiazole rings is 1. The monoisotopic (exact) mass is 395 g/mol. The van der Waals surface area contributed by atoms with E-state index in [0.29, 0.717) is 16.2 Å². The Morgan fingerprint density at radius 2 is 2.12 bits per heavy atom. The number of amides is 1. The normalized spacial score (nSPS) is 12.1. The number of fused-ring (bicyclic) bond motifs is 1. The van der Waals surface area contributed by atoms with E-state index in [-0.39, 0.29) is 10.0 Å². The first-order chi connectivity index (χ1) is 11.8. The molecule has 0 atom stereocenters. The SMILES string of the molecule is Cc1ccc(S(=O)(=O)NC(=O)/C=C/c2c(Cl)nc3sccn23)c(C)c1. The van der Waals surface area contributed by atoms with Gasteiger partial charge >= 0.3 is 0 Å². The van der Waals surface area contributed by atoms with Crippen molar-refractivity contribution in [1.29, 1.82) is 0 Å². The Hall–Kier alpha value is -2.16. The largest absolute Gasteiger partial charge is 0.289 e. The maximum Gasteiger partial charge on any atom is 0.264 e. The van der Waals surface area contributed by atoms with Crippen LogP contribution in [0.4, 0.5) is 0 Å². The average Bonchev–Trinajstić information content (AvgIpc) is 3.05. The smallest absolute Gasteiger partial charge is 0.264 e. The number of nitrogens with zero attached hydrogens (tertiary/aromatic N) is 2. The fraction of sp³-hybridized carbons (Fsp3) is 0.125. The van der Waals surface area contributed by atoms with Crippen molar-refractivity contribution in [2.45, 2.75) is 18.7 Å². The minimum atomic E-state index is -3.94. The molecule has 1 N–H and O–H groups in total. The number of sulfonamides is 1. The van der Waals surface area contributed by atoms with E-state index in [1.807, 2.05) is 17.0 Å². The van der Waals surface area contributed by atoms with Gasteiger partial charge in [-0.25, -0.2) is 18.1 Å². The van der Waals surface area contributed by atoms with Crippen LogP contribution in [-0.4, -0.2) is 23.7 Å². The number of aromatic nitrogens is 2. The van der Waals surface area contributed by atoms with E-state index < -0.39 is 15.9 Å². The van der Waals surface area contributed by atoms with E-state index in [1.54, 1.807) is 29.7 Å². The number of rotatable bonds is 4. The molecule has 6 nitrogen and oxygen atoms in total. The van der Waals surface area contributed by atoms with Gasteiger partial charge < -0.3 is 0 Å². The molecule has 1 amide bonds. The Labute approximate surface area is 153 Å². The van der Waals surface area contributed by atoms with Crippen LogP contribution < -0.4 is 4.72 Å². The van der Waals surface area contributed by atoms with Crippen LogP contribution in [0.25, 0.3) is 11.0 Å². The molecule has 0 aliphatic heterocycles. The van der Waals surface area contributed by atoms with Gasteiger partial charge in [0.05, 0.1) is 10.6 Å². The molecule has 0 radical (unpaired) electrons. The third-order valence-corrected chi connectivity index (χ3v) is 6.04. The fourth-order valence-electron chi connectivity index (χ4n) is 2.40. The Kier molecular flexibility index (Phi) is 4.68. The number of carbonyl (C=O) groups is 1. The summed E-state index contributed by atoms with van der Waals surface area (Å²) in [6.45, 7) is 3.55. The van der Waals surface area contributed by atoms with Crippen molar-refractivity contribution < 1.29 is 13.2 Å². The first-order valence-corrected chi connectivity index (χ1v) is 9.95. The van der Waals surface area contributed by atoms with Gasteiger partial charge in [-0.05, 0) is 31.6 Å². The summed E-state index contributed by atoms with van der Waals surface area (Å²) in [4.78, 5) is 16.9. The molecule has 0 saturated heterocycles. The molecule has 0 unspecified atom stereocenters. The standard InChI is InChI=1S/C16H14ClN3O3S2/c1-10-3-5-13(11(2)9-10)25(22,23)19-14(21)6-4-12-15(17)18-16-20(12)7-8-24-16/h3-9H,1-2H3,(H,19,21)/b6-4+. The maximum absolute atomic E-state index is 12.4. The van der Waals surface area contributed by atoms with E-state index in [9.17, 15) is 13.2 Å². The second kappa shape index (κ2) is 6.62. The van der Waals surface area contributed by atoms with Gasteiger partial charge in [0, 0.05) is 17.7 Å². The highest BCUT2D eigenvalue weighted by Gasteiger charge is 2.19. The molecule has 3 rings (SSSR count). The molecule has 9 heteroatoms. The van der Waals surface area contributed by atoms with Crippen molar-refractivity contribution in [3.8, 4) is 0 Å². The highest BCUT2D eigenvalue weighted by atomic mass is 35.5. The zero-order chi connectivity index (χ0) is 18.2. The molecule has 1 aromatic carbocycles. The van der Waals surface area contributed by atoms with Gasteiger partial charge in [-0.15, -0.1) is 11.3 Å². The van der Waals surface area contributed by atoms with Crippen LogP contribution in [0.1, 0.15) is 16.8 Å². The lowest BCUT2D eigenvalue weighted by Crippen LogP contribution is -2.29. The molecule has 2 heterocycles. The molecular formula is C16H14ClN3O3S2. The van der Waals surface area contributed by atoms with Crippen molar-refractivity contribution >= 4 is 49.9 Å². The molecule has 25 heavy (non-hydrogen) atoms. The predicted molar refractivity (Wildman–Crippen MR) is 98.4 cm³/mol. The van der Waals surface area contributed by atoms with Gasteiger partial charge in [0.1, 0.15) is 0 Å². The summed E-state index contributed by atoms with van der Waals surface area (Å²) in [5.74, 6) is -0.763. The highest BCUT2D eigenvalue weighted by Crippen LogP contribution is 2.22. The van der Waals surface area contributed by atoms with Crippen LogP contribution in [0, 0.1) is 13.8 Å². The van der Waals surface area contributed by atoms with Gasteiger partial charge in [0.15, 0.2) is 10.1 Å². The van der Waals surface area contributed by atoms with Crippen LogP contribution in [0.5, 0.6) is 0 Å². The molecule has 0 aliphatic carbocycles. The van der Waals surface area contributed by atoms with E-state index in [1.165, 1.54) is 23.5 Å². The second-order valence-corrected chi connectivity index (χ2v) is 8.30. The summed E-state index contributed by atoms with van der Waals surface area (Å²) in [5.41, 5.74) is 2.03. The van der Waals surface area contributed by atoms with Crippen molar-refractivity contribution in [3.05, 3.63) is 57.8 Å².